The van der Waals surface area contributed by atoms with Crippen LogP contribution in [-0.2, 0) is 11.2 Å². The van der Waals surface area contributed by atoms with E-state index in [0.29, 0.717) is 18.5 Å². The van der Waals surface area contributed by atoms with Crippen LogP contribution in [0.3, 0.4) is 0 Å². The third-order valence-corrected chi connectivity index (χ3v) is 8.31. The monoisotopic (exact) mass is 519 g/mol. The van der Waals surface area contributed by atoms with Gasteiger partial charge >= 0.3 is 6.18 Å². The molecule has 3 fully saturated rings. The molecule has 5 rings (SSSR count). The number of hydrogen-bond donors (Lipinski definition) is 3. The van der Waals surface area contributed by atoms with Crippen molar-refractivity contribution in [2.75, 3.05) is 0 Å². The van der Waals surface area contributed by atoms with Crippen molar-refractivity contribution in [1.82, 2.24) is 25.4 Å². The van der Waals surface area contributed by atoms with Crippen LogP contribution in [0.25, 0.3) is 11.3 Å². The molecule has 200 valence electrons. The number of aromatic amines is 1. The van der Waals surface area contributed by atoms with E-state index in [-0.39, 0.29) is 48.7 Å². The lowest BCUT2D eigenvalue weighted by atomic mass is 9.81. The van der Waals surface area contributed by atoms with Gasteiger partial charge in [-0.05, 0) is 76.0 Å². The molecule has 2 amide bonds. The molecule has 0 aromatic carbocycles. The molecule has 0 radical (unpaired) electrons. The van der Waals surface area contributed by atoms with Crippen LogP contribution in [0.15, 0.2) is 24.4 Å². The second kappa shape index (κ2) is 9.74. The molecule has 2 bridgehead atoms. The van der Waals surface area contributed by atoms with E-state index in [1.54, 1.807) is 12.3 Å². The standard InChI is InChI=1S/C26H32F3N5O3/c1-2-17-11-15(7-10-30-17)21-14-22(33-32-21)24(36)34-19-3-4-20(34)13-16(12-19)23(35)31-18-5-8-25(37,9-6-18)26(27,28)29/h7,10-11,14,16,18-20,37H,2-6,8-9,12-13H2,1H3,(H,31,35)(H,32,33)/t16?,18?,19-,20+,25?. The zero-order valence-electron chi connectivity index (χ0n) is 20.7. The summed E-state index contributed by atoms with van der Waals surface area (Å²) in [5.41, 5.74) is 0.271. The van der Waals surface area contributed by atoms with Crippen molar-refractivity contribution in [3.63, 3.8) is 0 Å². The first-order valence-corrected chi connectivity index (χ1v) is 13.0. The van der Waals surface area contributed by atoms with Crippen LogP contribution in [0.1, 0.15) is 74.5 Å². The molecule has 3 aliphatic rings. The Balaban J connectivity index is 1.19. The summed E-state index contributed by atoms with van der Waals surface area (Å²) in [7, 11) is 0. The molecular formula is C26H32F3N5O3. The predicted molar refractivity (Wildman–Crippen MR) is 128 cm³/mol. The number of hydrogen-bond acceptors (Lipinski definition) is 5. The lowest BCUT2D eigenvalue weighted by Crippen LogP contribution is -2.53. The topological polar surface area (TPSA) is 111 Å². The normalized spacial score (nSPS) is 29.8. The Bertz CT molecular complexity index is 1140. The van der Waals surface area contributed by atoms with Gasteiger partial charge in [-0.15, -0.1) is 0 Å². The molecule has 2 aromatic rings. The quantitative estimate of drug-likeness (QED) is 0.557. The molecule has 0 spiro atoms. The maximum atomic E-state index is 13.4. The Kier molecular flexibility index (Phi) is 6.76. The van der Waals surface area contributed by atoms with Crippen molar-refractivity contribution >= 4 is 11.8 Å². The maximum absolute atomic E-state index is 13.4. The van der Waals surface area contributed by atoms with Gasteiger partial charge in [0.05, 0.1) is 5.69 Å². The zero-order valence-corrected chi connectivity index (χ0v) is 20.7. The Hall–Kier alpha value is -2.95. The second-order valence-electron chi connectivity index (χ2n) is 10.6. The molecule has 3 N–H and O–H groups in total. The van der Waals surface area contributed by atoms with E-state index in [2.05, 4.69) is 20.5 Å². The van der Waals surface area contributed by atoms with Gasteiger partial charge < -0.3 is 15.3 Å². The van der Waals surface area contributed by atoms with Crippen molar-refractivity contribution in [2.24, 2.45) is 5.92 Å². The largest absolute Gasteiger partial charge is 0.417 e. The number of aromatic nitrogens is 3. The Labute approximate surface area is 213 Å². The van der Waals surface area contributed by atoms with Gasteiger partial charge in [-0.2, -0.15) is 18.3 Å². The van der Waals surface area contributed by atoms with E-state index in [9.17, 15) is 27.9 Å². The Morgan fingerprint density at radius 3 is 2.46 bits per heavy atom. The molecular weight excluding hydrogens is 487 g/mol. The number of nitrogens with one attached hydrogen (secondary N) is 2. The minimum absolute atomic E-state index is 0.0727. The molecule has 2 saturated heterocycles. The fourth-order valence-electron chi connectivity index (χ4n) is 6.12. The molecule has 37 heavy (non-hydrogen) atoms. The van der Waals surface area contributed by atoms with E-state index in [4.69, 9.17) is 0 Å². The van der Waals surface area contributed by atoms with E-state index < -0.39 is 24.6 Å². The Morgan fingerprint density at radius 2 is 1.84 bits per heavy atom. The van der Waals surface area contributed by atoms with Crippen molar-refractivity contribution in [3.8, 4) is 11.3 Å². The minimum atomic E-state index is -4.66. The summed E-state index contributed by atoms with van der Waals surface area (Å²) < 4.78 is 39.2. The van der Waals surface area contributed by atoms with E-state index in [1.165, 1.54) is 0 Å². The molecule has 8 nitrogen and oxygen atoms in total. The summed E-state index contributed by atoms with van der Waals surface area (Å²) in [6.07, 6.45) is -0.111. The molecule has 11 heteroatoms. The van der Waals surface area contributed by atoms with Gasteiger partial charge in [-0.3, -0.25) is 19.7 Å². The highest BCUT2D eigenvalue weighted by atomic mass is 19.4. The van der Waals surface area contributed by atoms with Crippen molar-refractivity contribution in [1.29, 1.82) is 0 Å². The average Bonchev–Trinajstić information content (AvgIpc) is 3.47. The van der Waals surface area contributed by atoms with Gasteiger partial charge in [-0.1, -0.05) is 6.92 Å². The zero-order chi connectivity index (χ0) is 26.4. The number of carbonyl (C=O) groups is 2. The first kappa shape index (κ1) is 25.7. The fourth-order valence-corrected chi connectivity index (χ4v) is 6.12. The number of amides is 2. The molecule has 2 aliphatic heterocycles. The third-order valence-electron chi connectivity index (χ3n) is 8.31. The molecule has 1 aliphatic carbocycles. The van der Waals surface area contributed by atoms with Crippen LogP contribution in [0.5, 0.6) is 0 Å². The smallest absolute Gasteiger partial charge is 0.380 e. The van der Waals surface area contributed by atoms with Crippen LogP contribution >= 0.6 is 0 Å². The fraction of sp³-hybridized carbons (Fsp3) is 0.615. The van der Waals surface area contributed by atoms with Crippen LogP contribution < -0.4 is 5.32 Å². The highest BCUT2D eigenvalue weighted by Crippen LogP contribution is 2.42. The molecule has 2 aromatic heterocycles. The van der Waals surface area contributed by atoms with Crippen molar-refractivity contribution in [3.05, 3.63) is 35.8 Å². The number of carbonyl (C=O) groups excluding carboxylic acids is 2. The summed E-state index contributed by atoms with van der Waals surface area (Å²) in [5.74, 6) is -0.612. The summed E-state index contributed by atoms with van der Waals surface area (Å²) in [6, 6.07) is 5.06. The van der Waals surface area contributed by atoms with Crippen molar-refractivity contribution in [2.45, 2.75) is 94.6 Å². The number of nitrogens with zero attached hydrogens (tertiary/aromatic N) is 3. The maximum Gasteiger partial charge on any atom is 0.417 e. The minimum Gasteiger partial charge on any atom is -0.380 e. The van der Waals surface area contributed by atoms with E-state index in [0.717, 1.165) is 36.2 Å². The number of piperidine rings is 1. The number of alkyl halides is 3. The van der Waals surface area contributed by atoms with Crippen molar-refractivity contribution < 1.29 is 27.9 Å². The second-order valence-corrected chi connectivity index (χ2v) is 10.6. The predicted octanol–water partition coefficient (Wildman–Crippen LogP) is 3.77. The highest BCUT2D eigenvalue weighted by molar-refractivity contribution is 5.94. The van der Waals surface area contributed by atoms with Gasteiger partial charge in [0.25, 0.3) is 5.91 Å². The van der Waals surface area contributed by atoms with Gasteiger partial charge in [-0.25, -0.2) is 0 Å². The molecule has 1 unspecified atom stereocenters. The van der Waals surface area contributed by atoms with E-state index in [1.807, 2.05) is 24.0 Å². The Morgan fingerprint density at radius 1 is 1.16 bits per heavy atom. The summed E-state index contributed by atoms with van der Waals surface area (Å²) in [5, 5.41) is 20.0. The first-order chi connectivity index (χ1) is 17.6. The van der Waals surface area contributed by atoms with Crippen LogP contribution in [0, 0.1) is 5.92 Å². The highest BCUT2D eigenvalue weighted by Gasteiger charge is 2.55. The lowest BCUT2D eigenvalue weighted by Gasteiger charge is -2.40. The summed E-state index contributed by atoms with van der Waals surface area (Å²) in [6.45, 7) is 2.02. The molecule has 3 atom stereocenters. The van der Waals surface area contributed by atoms with Crippen LogP contribution in [0.2, 0.25) is 0 Å². The number of halogens is 3. The number of pyridine rings is 1. The van der Waals surface area contributed by atoms with Crippen LogP contribution in [-0.4, -0.2) is 66.9 Å². The van der Waals surface area contributed by atoms with Gasteiger partial charge in [0.2, 0.25) is 5.91 Å². The lowest BCUT2D eigenvalue weighted by molar-refractivity contribution is -0.270. The number of H-pyrrole nitrogens is 1. The number of aliphatic hydroxyl groups is 1. The SMILES string of the molecule is CCc1cc(-c2cc(C(=O)N3[C@@H]4CC[C@H]3CC(C(=O)NC3CCC(O)(C(F)(F)F)CC3)C4)n[nH]2)ccn1. The van der Waals surface area contributed by atoms with Gasteiger partial charge in [0, 0.05) is 41.5 Å². The average molecular weight is 520 g/mol. The van der Waals surface area contributed by atoms with Gasteiger partial charge in [0.15, 0.2) is 11.3 Å². The number of aryl methyl sites for hydroxylation is 1. The third kappa shape index (κ3) is 4.97. The number of fused-ring (bicyclic) bond motifs is 2. The summed E-state index contributed by atoms with van der Waals surface area (Å²) in [4.78, 5) is 32.5. The van der Waals surface area contributed by atoms with E-state index >= 15 is 0 Å². The first-order valence-electron chi connectivity index (χ1n) is 13.0. The summed E-state index contributed by atoms with van der Waals surface area (Å²) >= 11 is 0. The molecule has 4 heterocycles. The van der Waals surface area contributed by atoms with Crippen LogP contribution in [0.4, 0.5) is 13.2 Å². The number of rotatable bonds is 5. The van der Waals surface area contributed by atoms with Gasteiger partial charge in [0.1, 0.15) is 0 Å². The molecule has 1 saturated carbocycles.